The van der Waals surface area contributed by atoms with Crippen LogP contribution < -0.4 is 9.47 Å². The molecule has 0 fully saturated rings. The summed E-state index contributed by atoms with van der Waals surface area (Å²) in [5, 5.41) is 0. The molecule has 0 spiro atoms. The van der Waals surface area contributed by atoms with Crippen LogP contribution in [0.2, 0.25) is 0 Å². The minimum Gasteiger partial charge on any atom is -0.495 e. The van der Waals surface area contributed by atoms with Gasteiger partial charge in [-0.05, 0) is 18.6 Å². The number of aryl methyl sites for hydroxylation is 1. The van der Waals surface area contributed by atoms with E-state index in [1.54, 1.807) is 13.0 Å². The number of methoxy groups -OCH3 is 2. The minimum atomic E-state index is -4.86. The monoisotopic (exact) mass is 234 g/mol. The fourth-order valence-corrected chi connectivity index (χ4v) is 2.15. The van der Waals surface area contributed by atoms with Gasteiger partial charge in [0.15, 0.2) is 4.90 Å². The first-order valence-corrected chi connectivity index (χ1v) is 5.46. The van der Waals surface area contributed by atoms with Crippen molar-refractivity contribution in [3.05, 3.63) is 17.7 Å². The molecule has 0 saturated carbocycles. The second-order valence-corrected chi connectivity index (χ2v) is 4.17. The van der Waals surface area contributed by atoms with Gasteiger partial charge in [-0.1, -0.05) is 6.07 Å². The molecule has 0 N–H and O–H groups in total. The van der Waals surface area contributed by atoms with E-state index < -0.39 is 15.1 Å². The Hall–Kier alpha value is -1.30. The topological polar surface area (TPSA) is 52.6 Å². The molecule has 4 nitrogen and oxygen atoms in total. The number of ether oxygens (including phenoxy) is 2. The molecule has 0 amide bonds. The predicted octanol–water partition coefficient (Wildman–Crippen LogP) is 1.67. The standard InChI is InChI=1S/C9H11FO4S/c1-6-4-5-7(13-2)9(8(6)14-3)15(10,11)12/h4-5H,1-3H3. The van der Waals surface area contributed by atoms with E-state index in [0.29, 0.717) is 5.56 Å². The lowest BCUT2D eigenvalue weighted by atomic mass is 10.2. The largest absolute Gasteiger partial charge is 0.495 e. The summed E-state index contributed by atoms with van der Waals surface area (Å²) < 4.78 is 44.5. The molecule has 0 radical (unpaired) electrons. The summed E-state index contributed by atoms with van der Waals surface area (Å²) in [4.78, 5) is -0.562. The van der Waals surface area contributed by atoms with Gasteiger partial charge in [0, 0.05) is 0 Å². The molecule has 15 heavy (non-hydrogen) atoms. The highest BCUT2D eigenvalue weighted by atomic mass is 32.3. The van der Waals surface area contributed by atoms with Crippen LogP contribution >= 0.6 is 0 Å². The first-order chi connectivity index (χ1) is 6.91. The second kappa shape index (κ2) is 4.06. The van der Waals surface area contributed by atoms with Crippen molar-refractivity contribution in [3.63, 3.8) is 0 Å². The lowest BCUT2D eigenvalue weighted by Crippen LogP contribution is -2.02. The molecule has 6 heteroatoms. The molecule has 0 aromatic heterocycles. The number of hydrogen-bond acceptors (Lipinski definition) is 4. The number of rotatable bonds is 3. The molecule has 84 valence electrons. The van der Waals surface area contributed by atoms with Crippen molar-refractivity contribution in [2.24, 2.45) is 0 Å². The van der Waals surface area contributed by atoms with Gasteiger partial charge >= 0.3 is 10.2 Å². The molecule has 0 aliphatic rings. The number of benzene rings is 1. The highest BCUT2D eigenvalue weighted by molar-refractivity contribution is 7.86. The summed E-state index contributed by atoms with van der Waals surface area (Å²) in [5.41, 5.74) is 0.523. The third-order valence-corrected chi connectivity index (χ3v) is 2.81. The second-order valence-electron chi connectivity index (χ2n) is 2.88. The van der Waals surface area contributed by atoms with Crippen LogP contribution in [0.3, 0.4) is 0 Å². The molecule has 0 atom stereocenters. The summed E-state index contributed by atoms with van der Waals surface area (Å²) in [6, 6.07) is 2.97. The van der Waals surface area contributed by atoms with Crippen molar-refractivity contribution in [3.8, 4) is 11.5 Å². The summed E-state index contributed by atoms with van der Waals surface area (Å²) >= 11 is 0. The van der Waals surface area contributed by atoms with Crippen molar-refractivity contribution in [1.29, 1.82) is 0 Å². The van der Waals surface area contributed by atoms with Gasteiger partial charge in [0.2, 0.25) is 0 Å². The highest BCUT2D eigenvalue weighted by Crippen LogP contribution is 2.36. The molecule has 0 aliphatic carbocycles. The van der Waals surface area contributed by atoms with Gasteiger partial charge in [-0.15, -0.1) is 3.89 Å². The normalized spacial score (nSPS) is 11.2. The average Bonchev–Trinajstić information content (AvgIpc) is 2.15. The van der Waals surface area contributed by atoms with E-state index in [-0.39, 0.29) is 11.5 Å². The van der Waals surface area contributed by atoms with Crippen molar-refractivity contribution in [2.75, 3.05) is 14.2 Å². The Morgan fingerprint density at radius 3 is 2.20 bits per heavy atom. The van der Waals surface area contributed by atoms with Crippen molar-refractivity contribution < 1.29 is 21.8 Å². The van der Waals surface area contributed by atoms with Gasteiger partial charge in [0.1, 0.15) is 11.5 Å². The molecular weight excluding hydrogens is 223 g/mol. The van der Waals surface area contributed by atoms with Crippen LogP contribution in [-0.4, -0.2) is 22.6 Å². The molecule has 0 saturated heterocycles. The maximum absolute atomic E-state index is 13.0. The zero-order valence-electron chi connectivity index (χ0n) is 8.57. The molecule has 0 aliphatic heterocycles. The van der Waals surface area contributed by atoms with Crippen LogP contribution in [0.4, 0.5) is 3.89 Å². The Balaban J connectivity index is 3.63. The Kier molecular flexibility index (Phi) is 3.18. The summed E-state index contributed by atoms with van der Waals surface area (Å²) in [6.07, 6.45) is 0. The number of hydrogen-bond donors (Lipinski definition) is 0. The van der Waals surface area contributed by atoms with E-state index in [9.17, 15) is 12.3 Å². The Morgan fingerprint density at radius 2 is 1.80 bits per heavy atom. The average molecular weight is 234 g/mol. The maximum atomic E-state index is 13.0. The van der Waals surface area contributed by atoms with Crippen LogP contribution in [0, 0.1) is 6.92 Å². The molecule has 0 heterocycles. The van der Waals surface area contributed by atoms with Gasteiger partial charge in [-0.2, -0.15) is 8.42 Å². The highest BCUT2D eigenvalue weighted by Gasteiger charge is 2.25. The first kappa shape index (κ1) is 11.8. The smallest absolute Gasteiger partial charge is 0.339 e. The van der Waals surface area contributed by atoms with Gasteiger partial charge < -0.3 is 9.47 Å². The third-order valence-electron chi connectivity index (χ3n) is 1.94. The molecule has 1 aromatic rings. The quantitative estimate of drug-likeness (QED) is 0.746. The number of halogens is 1. The van der Waals surface area contributed by atoms with Crippen LogP contribution in [-0.2, 0) is 10.2 Å². The fraction of sp³-hybridized carbons (Fsp3) is 0.333. The fourth-order valence-electron chi connectivity index (χ4n) is 1.29. The van der Waals surface area contributed by atoms with E-state index in [1.165, 1.54) is 20.3 Å². The van der Waals surface area contributed by atoms with Crippen LogP contribution in [0.5, 0.6) is 11.5 Å². The zero-order valence-corrected chi connectivity index (χ0v) is 9.39. The Morgan fingerprint density at radius 1 is 1.20 bits per heavy atom. The van der Waals surface area contributed by atoms with E-state index >= 15 is 0 Å². The molecule has 1 rings (SSSR count). The van der Waals surface area contributed by atoms with Crippen LogP contribution in [0.15, 0.2) is 17.0 Å². The predicted molar refractivity (Wildman–Crippen MR) is 52.6 cm³/mol. The van der Waals surface area contributed by atoms with E-state index in [2.05, 4.69) is 0 Å². The van der Waals surface area contributed by atoms with Gasteiger partial charge in [0.25, 0.3) is 0 Å². The first-order valence-electron chi connectivity index (χ1n) is 4.08. The lowest BCUT2D eigenvalue weighted by Gasteiger charge is -2.11. The van der Waals surface area contributed by atoms with E-state index in [1.807, 2.05) is 0 Å². The summed E-state index contributed by atoms with van der Waals surface area (Å²) in [7, 11) is -2.32. The van der Waals surface area contributed by atoms with E-state index in [0.717, 1.165) is 0 Å². The Labute approximate surface area is 87.8 Å². The molecule has 0 bridgehead atoms. The maximum Gasteiger partial charge on any atom is 0.339 e. The molecular formula is C9H11FO4S. The SMILES string of the molecule is COc1ccc(C)c(OC)c1S(=O)(=O)F. The van der Waals surface area contributed by atoms with Crippen molar-refractivity contribution >= 4 is 10.2 Å². The Bertz CT molecular complexity index is 467. The van der Waals surface area contributed by atoms with Crippen LogP contribution in [0.25, 0.3) is 0 Å². The lowest BCUT2D eigenvalue weighted by molar-refractivity contribution is 0.369. The van der Waals surface area contributed by atoms with Gasteiger partial charge in [-0.25, -0.2) is 0 Å². The summed E-state index contributed by atoms with van der Waals surface area (Å²) in [6.45, 7) is 1.62. The van der Waals surface area contributed by atoms with Gasteiger partial charge in [-0.3, -0.25) is 0 Å². The molecule has 0 unspecified atom stereocenters. The summed E-state index contributed by atoms with van der Waals surface area (Å²) in [5.74, 6) is -0.100. The van der Waals surface area contributed by atoms with Crippen LogP contribution in [0.1, 0.15) is 5.56 Å². The third kappa shape index (κ3) is 2.20. The minimum absolute atomic E-state index is 0.0307. The van der Waals surface area contributed by atoms with Crippen molar-refractivity contribution in [2.45, 2.75) is 11.8 Å². The zero-order chi connectivity index (χ0) is 11.6. The van der Waals surface area contributed by atoms with Crippen molar-refractivity contribution in [1.82, 2.24) is 0 Å². The molecule has 1 aromatic carbocycles. The van der Waals surface area contributed by atoms with E-state index in [4.69, 9.17) is 9.47 Å². The van der Waals surface area contributed by atoms with Gasteiger partial charge in [0.05, 0.1) is 14.2 Å².